The van der Waals surface area contributed by atoms with Crippen molar-refractivity contribution in [2.75, 3.05) is 0 Å². The second-order valence-corrected chi connectivity index (χ2v) is 23.2. The van der Waals surface area contributed by atoms with E-state index < -0.39 is 0 Å². The number of aromatic nitrogens is 2. The molecule has 2 nitrogen and oxygen atoms in total. The summed E-state index contributed by atoms with van der Waals surface area (Å²) in [6, 6.07) is 95.8. The van der Waals surface area contributed by atoms with Crippen molar-refractivity contribution in [2.45, 2.75) is 12.8 Å². The molecule has 4 heterocycles. The summed E-state index contributed by atoms with van der Waals surface area (Å²) in [6.07, 6.45) is 1.95. The van der Waals surface area contributed by atoms with Crippen LogP contribution in [0.5, 0.6) is 0 Å². The van der Waals surface area contributed by atoms with Crippen LogP contribution < -0.4 is 0 Å². The molecule has 17 rings (SSSR count). The van der Waals surface area contributed by atoms with Crippen LogP contribution in [0.4, 0.5) is 0 Å². The van der Waals surface area contributed by atoms with Crippen LogP contribution in [0, 0.1) is 0 Å². The number of benzene rings is 12. The number of aryl methyl sites for hydroxylation is 2. The van der Waals surface area contributed by atoms with E-state index >= 15 is 0 Å². The first kappa shape index (κ1) is 43.9. The molecule has 1 aliphatic carbocycles. The molecule has 12 aromatic carbocycles. The molecule has 16 aromatic rings. The number of para-hydroxylation sites is 4. The van der Waals surface area contributed by atoms with Gasteiger partial charge in [0.2, 0.25) is 0 Å². The van der Waals surface area contributed by atoms with Gasteiger partial charge in [0.05, 0.1) is 22.1 Å². The van der Waals surface area contributed by atoms with Gasteiger partial charge in [0.15, 0.2) is 0 Å². The molecule has 0 spiro atoms. The fourth-order valence-electron chi connectivity index (χ4n) is 13.2. The van der Waals surface area contributed by atoms with E-state index in [1.54, 1.807) is 0 Å². The Morgan fingerprint density at radius 3 is 1.00 bits per heavy atom. The number of thiophene rings is 2. The minimum absolute atomic E-state index is 0.973. The zero-order chi connectivity index (χ0) is 51.0. The van der Waals surface area contributed by atoms with Crippen molar-refractivity contribution in [3.8, 4) is 67.0 Å². The molecule has 0 amide bonds. The monoisotopic (exact) mass is 1030 g/mol. The van der Waals surface area contributed by atoms with Crippen molar-refractivity contribution < 1.29 is 0 Å². The van der Waals surface area contributed by atoms with Gasteiger partial charge in [-0.05, 0) is 152 Å². The fourth-order valence-corrected chi connectivity index (χ4v) is 15.7. The van der Waals surface area contributed by atoms with Crippen LogP contribution >= 0.6 is 22.7 Å². The van der Waals surface area contributed by atoms with Gasteiger partial charge in [0.25, 0.3) is 0 Å². The fraction of sp³-hybridized carbons (Fsp3) is 0.0270. The van der Waals surface area contributed by atoms with Gasteiger partial charge in [0, 0.05) is 73.3 Å². The van der Waals surface area contributed by atoms with E-state index in [-0.39, 0.29) is 0 Å². The Balaban J connectivity index is 0.807. The van der Waals surface area contributed by atoms with E-state index in [0.29, 0.717) is 0 Å². The highest BCUT2D eigenvalue weighted by Crippen LogP contribution is 2.46. The van der Waals surface area contributed by atoms with E-state index in [2.05, 4.69) is 264 Å². The Kier molecular flexibility index (Phi) is 9.61. The molecule has 0 radical (unpaired) electrons. The predicted molar refractivity (Wildman–Crippen MR) is 335 cm³/mol. The average Bonchev–Trinajstić information content (AvgIpc) is 4.42. The van der Waals surface area contributed by atoms with Gasteiger partial charge in [0.1, 0.15) is 0 Å². The summed E-state index contributed by atoms with van der Waals surface area (Å²) < 4.78 is 10.2. The molecular formula is C74H46N2S2. The van der Waals surface area contributed by atoms with E-state index in [4.69, 9.17) is 0 Å². The summed E-state index contributed by atoms with van der Waals surface area (Å²) in [6.45, 7) is 0. The Hall–Kier alpha value is -9.32. The highest BCUT2D eigenvalue weighted by atomic mass is 32.1. The lowest BCUT2D eigenvalue weighted by molar-refractivity contribution is 0.943. The lowest BCUT2D eigenvalue weighted by Crippen LogP contribution is -2.05. The number of nitrogens with zero attached hydrogens (tertiary/aromatic N) is 2. The average molecular weight is 1030 g/mol. The van der Waals surface area contributed by atoms with Gasteiger partial charge in [-0.25, -0.2) is 0 Å². The SMILES string of the molecule is c1ccc2c(c1)sc1c(-c3cc(-c4ccc5c(c4)CCc4cc(-c6cc(-c7cccc8c7sc7ccccc78)cc(-n7c8ccccc8c8ccccc87)c6)ccc4-5)cc(-n4c5ccccc5c5ccccc54)c3)cccc12. The maximum absolute atomic E-state index is 2.48. The van der Waals surface area contributed by atoms with Gasteiger partial charge >= 0.3 is 0 Å². The third-order valence-electron chi connectivity index (χ3n) is 16.8. The third kappa shape index (κ3) is 6.67. The van der Waals surface area contributed by atoms with E-state index in [0.717, 1.165) is 12.8 Å². The molecular weight excluding hydrogens is 981 g/mol. The Morgan fingerprint density at radius 2 is 0.590 bits per heavy atom. The van der Waals surface area contributed by atoms with Crippen molar-refractivity contribution in [2.24, 2.45) is 0 Å². The Morgan fingerprint density at radius 1 is 0.244 bits per heavy atom. The Labute approximate surface area is 458 Å². The quantitative estimate of drug-likeness (QED) is 0.157. The minimum Gasteiger partial charge on any atom is -0.309 e. The summed E-state index contributed by atoms with van der Waals surface area (Å²) in [5, 5.41) is 10.3. The maximum Gasteiger partial charge on any atom is 0.0541 e. The molecule has 78 heavy (non-hydrogen) atoms. The molecule has 0 aliphatic heterocycles. The molecule has 0 N–H and O–H groups in total. The van der Waals surface area contributed by atoms with E-state index in [1.807, 2.05) is 22.7 Å². The molecule has 1 aliphatic rings. The van der Waals surface area contributed by atoms with Crippen LogP contribution in [-0.2, 0) is 12.8 Å². The van der Waals surface area contributed by atoms with Gasteiger partial charge in [-0.15, -0.1) is 22.7 Å². The van der Waals surface area contributed by atoms with Crippen molar-refractivity contribution in [1.29, 1.82) is 0 Å². The second kappa shape index (κ2) is 17.1. The van der Waals surface area contributed by atoms with Gasteiger partial charge < -0.3 is 9.13 Å². The third-order valence-corrected chi connectivity index (χ3v) is 19.2. The van der Waals surface area contributed by atoms with Crippen LogP contribution in [0.15, 0.2) is 255 Å². The zero-order valence-corrected chi connectivity index (χ0v) is 44.0. The molecule has 364 valence electrons. The lowest BCUT2D eigenvalue weighted by atomic mass is 9.82. The van der Waals surface area contributed by atoms with Crippen LogP contribution in [0.3, 0.4) is 0 Å². The number of fused-ring (bicyclic) bond motifs is 15. The van der Waals surface area contributed by atoms with Gasteiger partial charge in [-0.3, -0.25) is 0 Å². The molecule has 0 unspecified atom stereocenters. The summed E-state index contributed by atoms with van der Waals surface area (Å²) in [7, 11) is 0. The first-order chi connectivity index (χ1) is 38.6. The topological polar surface area (TPSA) is 9.86 Å². The Bertz CT molecular complexity index is 4740. The first-order valence-electron chi connectivity index (χ1n) is 27.0. The predicted octanol–water partition coefficient (Wildman–Crippen LogP) is 21.1. The van der Waals surface area contributed by atoms with Crippen LogP contribution in [0.1, 0.15) is 11.1 Å². The molecule has 0 bridgehead atoms. The summed E-state index contributed by atoms with van der Waals surface area (Å²) in [5.74, 6) is 0. The van der Waals surface area contributed by atoms with Crippen molar-refractivity contribution >= 4 is 107 Å². The van der Waals surface area contributed by atoms with Crippen molar-refractivity contribution in [1.82, 2.24) is 9.13 Å². The molecule has 4 heteroatoms. The van der Waals surface area contributed by atoms with E-state index in [9.17, 15) is 0 Å². The largest absolute Gasteiger partial charge is 0.309 e. The molecule has 4 aromatic heterocycles. The standard InChI is InChI=1S/C74H46N2S2/c1-7-25-67-59(15-1)60-16-2-8-26-68(60)75(67)53-41-49(39-51(43-53)57-21-13-23-65-63-19-5-11-29-71(63)77-73(57)65)45-33-35-55-47(37-45)31-32-48-38-46(34-36-56(48)55)50-40-52(58-22-14-24-66-64-20-6-12-30-72(64)78-74(58)66)44-54(42-50)76-69-27-9-3-17-61(69)62-18-4-10-28-70(62)76/h1-30,33-44H,31-32H2. The van der Waals surface area contributed by atoms with Crippen molar-refractivity contribution in [3.63, 3.8) is 0 Å². The zero-order valence-electron chi connectivity index (χ0n) is 42.4. The van der Waals surface area contributed by atoms with Crippen LogP contribution in [0.25, 0.3) is 151 Å². The molecule has 0 saturated heterocycles. The molecule has 0 fully saturated rings. The van der Waals surface area contributed by atoms with Crippen LogP contribution in [0.2, 0.25) is 0 Å². The summed E-state index contributed by atoms with van der Waals surface area (Å²) in [4.78, 5) is 0. The van der Waals surface area contributed by atoms with Gasteiger partial charge in [-0.2, -0.15) is 0 Å². The van der Waals surface area contributed by atoms with Crippen LogP contribution in [-0.4, -0.2) is 9.13 Å². The first-order valence-corrected chi connectivity index (χ1v) is 28.6. The van der Waals surface area contributed by atoms with E-state index in [1.165, 1.54) is 162 Å². The second-order valence-electron chi connectivity index (χ2n) is 21.1. The highest BCUT2D eigenvalue weighted by Gasteiger charge is 2.22. The summed E-state index contributed by atoms with van der Waals surface area (Å²) >= 11 is 3.80. The number of hydrogen-bond donors (Lipinski definition) is 0. The number of hydrogen-bond acceptors (Lipinski definition) is 2. The lowest BCUT2D eigenvalue weighted by Gasteiger charge is -2.22. The highest BCUT2D eigenvalue weighted by molar-refractivity contribution is 7.26. The molecule has 0 saturated carbocycles. The molecule has 0 atom stereocenters. The van der Waals surface area contributed by atoms with Crippen molar-refractivity contribution in [3.05, 3.63) is 266 Å². The minimum atomic E-state index is 0.973. The normalized spacial score (nSPS) is 12.5. The van der Waals surface area contributed by atoms with Gasteiger partial charge in [-0.1, -0.05) is 182 Å². The summed E-state index contributed by atoms with van der Waals surface area (Å²) in [5.41, 5.74) is 22.6. The maximum atomic E-state index is 2.48. The smallest absolute Gasteiger partial charge is 0.0541 e. The number of rotatable bonds is 6.